The highest BCUT2D eigenvalue weighted by Crippen LogP contribution is 2.28. The molecule has 8 nitrogen and oxygen atoms in total. The second kappa shape index (κ2) is 7.28. The summed E-state index contributed by atoms with van der Waals surface area (Å²) in [4.78, 5) is 25.0. The summed E-state index contributed by atoms with van der Waals surface area (Å²) in [5.74, 6) is 1.26. The van der Waals surface area contributed by atoms with Crippen LogP contribution in [0.3, 0.4) is 0 Å². The molecule has 0 aliphatic rings. The van der Waals surface area contributed by atoms with Gasteiger partial charge in [0.15, 0.2) is 22.9 Å². The lowest BCUT2D eigenvalue weighted by Gasteiger charge is -2.07. The van der Waals surface area contributed by atoms with Gasteiger partial charge in [-0.1, -0.05) is 12.1 Å². The number of fused-ring (bicyclic) bond motifs is 1. The summed E-state index contributed by atoms with van der Waals surface area (Å²) in [5, 5.41) is 3.67. The summed E-state index contributed by atoms with van der Waals surface area (Å²) in [6.45, 7) is 0.956. The van der Waals surface area contributed by atoms with Gasteiger partial charge in [-0.05, 0) is 12.1 Å². The predicted octanol–water partition coefficient (Wildman–Crippen LogP) is 2.52. The molecule has 0 saturated carbocycles. The third kappa shape index (κ3) is 3.37. The molecule has 1 aromatic carbocycles. The first-order valence-electron chi connectivity index (χ1n) is 8.38. The van der Waals surface area contributed by atoms with Crippen molar-refractivity contribution in [3.8, 4) is 17.3 Å². The van der Waals surface area contributed by atoms with E-state index in [1.165, 1.54) is 0 Å². The molecule has 0 unspecified atom stereocenters. The number of carbonyl (C=O) groups excluding carboxylic acids is 1. The highest BCUT2D eigenvalue weighted by molar-refractivity contribution is 5.97. The van der Waals surface area contributed by atoms with E-state index in [0.717, 1.165) is 5.39 Å². The largest absolute Gasteiger partial charge is 0.493 e. The summed E-state index contributed by atoms with van der Waals surface area (Å²) in [7, 11) is 1.57. The fourth-order valence-corrected chi connectivity index (χ4v) is 2.82. The summed E-state index contributed by atoms with van der Waals surface area (Å²) in [6.07, 6.45) is 8.41. The first-order chi connectivity index (χ1) is 13.3. The number of furan rings is 1. The topological polar surface area (TPSA) is 95.1 Å². The van der Waals surface area contributed by atoms with Gasteiger partial charge in [0.05, 0.1) is 13.3 Å². The molecule has 0 atom stereocenters. The van der Waals surface area contributed by atoms with Gasteiger partial charge in [-0.3, -0.25) is 9.78 Å². The number of nitrogens with zero attached hydrogens (tertiary/aromatic N) is 4. The van der Waals surface area contributed by atoms with Crippen LogP contribution in [0.15, 0.2) is 59.7 Å². The molecule has 0 aliphatic heterocycles. The van der Waals surface area contributed by atoms with Crippen molar-refractivity contribution in [1.82, 2.24) is 24.8 Å². The monoisotopic (exact) mass is 363 g/mol. The third-order valence-corrected chi connectivity index (χ3v) is 4.10. The number of benzene rings is 1. The molecule has 3 heterocycles. The zero-order valence-electron chi connectivity index (χ0n) is 14.6. The number of nitrogens with one attached hydrogen (secondary N) is 1. The molecular weight excluding hydrogens is 346 g/mol. The molecule has 0 fully saturated rings. The van der Waals surface area contributed by atoms with Gasteiger partial charge in [-0.15, -0.1) is 0 Å². The predicted molar refractivity (Wildman–Crippen MR) is 98.4 cm³/mol. The van der Waals surface area contributed by atoms with E-state index in [1.54, 1.807) is 44.0 Å². The van der Waals surface area contributed by atoms with Gasteiger partial charge in [0.25, 0.3) is 5.91 Å². The number of amides is 1. The van der Waals surface area contributed by atoms with Crippen LogP contribution in [-0.4, -0.2) is 39.1 Å². The molecular formula is C19H17N5O3. The Labute approximate surface area is 154 Å². The molecule has 1 amide bonds. The van der Waals surface area contributed by atoms with Gasteiger partial charge in [-0.2, -0.15) is 0 Å². The zero-order chi connectivity index (χ0) is 18.6. The Balaban J connectivity index is 1.43. The summed E-state index contributed by atoms with van der Waals surface area (Å²) < 4.78 is 12.8. The average molecular weight is 363 g/mol. The maximum Gasteiger partial charge on any atom is 0.287 e. The molecule has 0 spiro atoms. The van der Waals surface area contributed by atoms with E-state index >= 15 is 0 Å². The maximum absolute atomic E-state index is 12.4. The van der Waals surface area contributed by atoms with Gasteiger partial charge in [0, 0.05) is 43.3 Å². The molecule has 0 saturated heterocycles. The van der Waals surface area contributed by atoms with Crippen LogP contribution in [0, 0.1) is 0 Å². The summed E-state index contributed by atoms with van der Waals surface area (Å²) in [6, 6.07) is 7.22. The first kappa shape index (κ1) is 16.8. The number of para-hydroxylation sites is 1. The quantitative estimate of drug-likeness (QED) is 0.566. The van der Waals surface area contributed by atoms with E-state index in [-0.39, 0.29) is 11.7 Å². The lowest BCUT2D eigenvalue weighted by Crippen LogP contribution is -2.26. The van der Waals surface area contributed by atoms with E-state index < -0.39 is 0 Å². The Morgan fingerprint density at radius 1 is 1.26 bits per heavy atom. The molecule has 8 heteroatoms. The van der Waals surface area contributed by atoms with Crippen molar-refractivity contribution >= 4 is 16.9 Å². The maximum atomic E-state index is 12.4. The number of methoxy groups -OCH3 is 1. The number of carbonyl (C=O) groups is 1. The fourth-order valence-electron chi connectivity index (χ4n) is 2.82. The highest BCUT2D eigenvalue weighted by atomic mass is 16.5. The van der Waals surface area contributed by atoms with Gasteiger partial charge < -0.3 is 19.0 Å². The molecule has 0 bridgehead atoms. The normalized spacial score (nSPS) is 10.9. The van der Waals surface area contributed by atoms with E-state index in [4.69, 9.17) is 9.15 Å². The highest BCUT2D eigenvalue weighted by Gasteiger charge is 2.15. The second-order valence-electron chi connectivity index (χ2n) is 5.78. The van der Waals surface area contributed by atoms with Crippen LogP contribution in [0.4, 0.5) is 0 Å². The van der Waals surface area contributed by atoms with Crippen molar-refractivity contribution in [2.75, 3.05) is 13.7 Å². The van der Waals surface area contributed by atoms with E-state index in [9.17, 15) is 4.79 Å². The van der Waals surface area contributed by atoms with E-state index in [2.05, 4.69) is 20.3 Å². The minimum absolute atomic E-state index is 0.245. The molecule has 0 radical (unpaired) electrons. The van der Waals surface area contributed by atoms with Crippen molar-refractivity contribution in [1.29, 1.82) is 0 Å². The first-order valence-corrected chi connectivity index (χ1v) is 8.38. The van der Waals surface area contributed by atoms with E-state index in [1.807, 2.05) is 22.9 Å². The van der Waals surface area contributed by atoms with Crippen LogP contribution in [0.5, 0.6) is 5.75 Å². The molecule has 136 valence electrons. The zero-order valence-corrected chi connectivity index (χ0v) is 14.6. The minimum Gasteiger partial charge on any atom is -0.493 e. The minimum atomic E-state index is -0.283. The fraction of sp³-hybridized carbons (Fsp3) is 0.158. The molecule has 4 aromatic rings. The molecule has 1 N–H and O–H groups in total. The third-order valence-electron chi connectivity index (χ3n) is 4.10. The number of imidazole rings is 1. The van der Waals surface area contributed by atoms with Gasteiger partial charge in [0.2, 0.25) is 0 Å². The summed E-state index contributed by atoms with van der Waals surface area (Å²) >= 11 is 0. The van der Waals surface area contributed by atoms with Crippen LogP contribution in [0.25, 0.3) is 22.5 Å². The van der Waals surface area contributed by atoms with Crippen LogP contribution < -0.4 is 10.1 Å². The number of ether oxygens (including phenoxy) is 1. The Morgan fingerprint density at radius 2 is 2.19 bits per heavy atom. The number of rotatable bonds is 6. The van der Waals surface area contributed by atoms with Crippen LogP contribution in [-0.2, 0) is 6.54 Å². The van der Waals surface area contributed by atoms with Gasteiger partial charge >= 0.3 is 0 Å². The average Bonchev–Trinajstić information content (AvgIpc) is 3.35. The van der Waals surface area contributed by atoms with Crippen molar-refractivity contribution in [2.45, 2.75) is 6.54 Å². The van der Waals surface area contributed by atoms with E-state index in [0.29, 0.717) is 35.9 Å². The Morgan fingerprint density at radius 3 is 3.00 bits per heavy atom. The standard InChI is InChI=1S/C19H17N5O3/c1-26-15-4-2-3-13-11-16(27-17(13)15)19(25)23-8-10-24-9-7-22-18(24)14-12-20-5-6-21-14/h2-7,9,11-12H,8,10H2,1H3,(H,23,25). The Hall–Kier alpha value is -3.68. The van der Waals surface area contributed by atoms with Crippen molar-refractivity contribution in [3.63, 3.8) is 0 Å². The molecule has 0 aliphatic carbocycles. The molecule has 3 aromatic heterocycles. The van der Waals surface area contributed by atoms with Crippen molar-refractivity contribution < 1.29 is 13.9 Å². The number of hydrogen-bond donors (Lipinski definition) is 1. The SMILES string of the molecule is COc1cccc2cc(C(=O)NCCn3ccnc3-c3cnccn3)oc12. The van der Waals surface area contributed by atoms with Gasteiger partial charge in [0.1, 0.15) is 5.69 Å². The smallest absolute Gasteiger partial charge is 0.287 e. The van der Waals surface area contributed by atoms with Crippen LogP contribution in [0.1, 0.15) is 10.6 Å². The van der Waals surface area contributed by atoms with Crippen LogP contribution in [0.2, 0.25) is 0 Å². The second-order valence-corrected chi connectivity index (χ2v) is 5.78. The lowest BCUT2D eigenvalue weighted by atomic mass is 10.2. The lowest BCUT2D eigenvalue weighted by molar-refractivity contribution is 0.0926. The Kier molecular flexibility index (Phi) is 4.52. The van der Waals surface area contributed by atoms with Crippen molar-refractivity contribution in [2.24, 2.45) is 0 Å². The molecule has 27 heavy (non-hydrogen) atoms. The molecule has 4 rings (SSSR count). The van der Waals surface area contributed by atoms with Crippen LogP contribution >= 0.6 is 0 Å². The van der Waals surface area contributed by atoms with Crippen molar-refractivity contribution in [3.05, 3.63) is 61.0 Å². The number of hydrogen-bond acceptors (Lipinski definition) is 6. The van der Waals surface area contributed by atoms with Gasteiger partial charge in [-0.25, -0.2) is 9.97 Å². The Bertz CT molecular complexity index is 1070. The number of aromatic nitrogens is 4. The summed E-state index contributed by atoms with van der Waals surface area (Å²) in [5.41, 5.74) is 1.24.